The largest absolute Gasteiger partial charge is 0.481 e. The van der Waals surface area contributed by atoms with E-state index in [4.69, 9.17) is 4.74 Å². The third-order valence-corrected chi connectivity index (χ3v) is 6.18. The second kappa shape index (κ2) is 7.51. The maximum atomic E-state index is 13.0. The topological polar surface area (TPSA) is 66.8 Å². The van der Waals surface area contributed by atoms with Gasteiger partial charge in [-0.15, -0.1) is 0 Å². The van der Waals surface area contributed by atoms with Crippen molar-refractivity contribution in [3.05, 3.63) is 35.5 Å². The van der Waals surface area contributed by atoms with Crippen LogP contribution in [0.3, 0.4) is 0 Å². The zero-order valence-corrected chi connectivity index (χ0v) is 17.7. The van der Waals surface area contributed by atoms with Crippen molar-refractivity contribution >= 4 is 11.9 Å². The summed E-state index contributed by atoms with van der Waals surface area (Å²) in [6.07, 6.45) is 10.8. The number of carbonyl (C=O) groups is 2. The molecule has 28 heavy (non-hydrogen) atoms. The van der Waals surface area contributed by atoms with Crippen LogP contribution in [-0.2, 0) is 14.3 Å². The molecular weight excluding hydrogens is 354 g/mol. The van der Waals surface area contributed by atoms with E-state index < -0.39 is 29.5 Å². The minimum absolute atomic E-state index is 0.0726. The first kappa shape index (κ1) is 20.8. The molecule has 1 spiro atoms. The van der Waals surface area contributed by atoms with E-state index in [-0.39, 0.29) is 11.3 Å². The van der Waals surface area contributed by atoms with Gasteiger partial charge >= 0.3 is 5.97 Å². The average Bonchev–Trinajstić information content (AvgIpc) is 3.21. The zero-order chi connectivity index (χ0) is 20.7. The van der Waals surface area contributed by atoms with E-state index in [1.165, 1.54) is 11.1 Å². The summed E-state index contributed by atoms with van der Waals surface area (Å²) in [4.78, 5) is 26.5. The number of carboxylic acid groups (broad SMARTS) is 1. The summed E-state index contributed by atoms with van der Waals surface area (Å²) in [5, 5.41) is 9.57. The van der Waals surface area contributed by atoms with E-state index >= 15 is 0 Å². The zero-order valence-electron chi connectivity index (χ0n) is 17.7. The summed E-state index contributed by atoms with van der Waals surface area (Å²) in [6.45, 7) is 11.8. The van der Waals surface area contributed by atoms with E-state index in [2.05, 4.69) is 46.8 Å². The molecule has 2 saturated heterocycles. The molecule has 0 unspecified atom stereocenters. The van der Waals surface area contributed by atoms with Crippen LogP contribution in [-0.4, -0.2) is 46.7 Å². The first-order chi connectivity index (χ1) is 13.0. The molecule has 2 bridgehead atoms. The van der Waals surface area contributed by atoms with E-state index in [0.717, 1.165) is 19.3 Å². The maximum Gasteiger partial charge on any atom is 0.310 e. The smallest absolute Gasteiger partial charge is 0.310 e. The van der Waals surface area contributed by atoms with Gasteiger partial charge < -0.3 is 14.7 Å². The Hall–Kier alpha value is -1.88. The molecule has 5 nitrogen and oxygen atoms in total. The number of ether oxygens (including phenoxy) is 1. The second-order valence-electron chi connectivity index (χ2n) is 9.67. The monoisotopic (exact) mass is 387 g/mol. The number of aliphatic carboxylic acids is 1. The Morgan fingerprint density at radius 3 is 2.71 bits per heavy atom. The first-order valence-electron chi connectivity index (χ1n) is 10.2. The minimum Gasteiger partial charge on any atom is -0.481 e. The number of hydrogen-bond acceptors (Lipinski definition) is 3. The van der Waals surface area contributed by atoms with Crippen molar-refractivity contribution < 1.29 is 19.4 Å². The fraction of sp³-hybridized carbons (Fsp3) is 0.652. The van der Waals surface area contributed by atoms with E-state index in [1.54, 1.807) is 0 Å². The van der Waals surface area contributed by atoms with Gasteiger partial charge in [0.15, 0.2) is 0 Å². The van der Waals surface area contributed by atoms with Gasteiger partial charge in [0.2, 0.25) is 5.91 Å². The quantitative estimate of drug-likeness (QED) is 0.640. The normalized spacial score (nSPS) is 31.5. The van der Waals surface area contributed by atoms with Gasteiger partial charge in [0.05, 0.1) is 18.6 Å². The Labute approximate surface area is 168 Å². The van der Waals surface area contributed by atoms with E-state index in [0.29, 0.717) is 13.1 Å². The number of likely N-dealkylation sites (tertiary alicyclic amines) is 1. The third-order valence-electron chi connectivity index (χ3n) is 6.18. The number of amides is 1. The van der Waals surface area contributed by atoms with Gasteiger partial charge in [-0.1, -0.05) is 49.3 Å². The number of nitrogens with zero attached hydrogens (tertiary/aromatic N) is 1. The van der Waals surface area contributed by atoms with E-state index in [1.807, 2.05) is 17.1 Å². The van der Waals surface area contributed by atoms with Crippen LogP contribution in [0, 0.1) is 17.3 Å². The fourth-order valence-corrected chi connectivity index (χ4v) is 4.72. The lowest BCUT2D eigenvalue weighted by Gasteiger charge is -2.31. The molecule has 0 aromatic heterocycles. The van der Waals surface area contributed by atoms with Crippen LogP contribution in [0.1, 0.15) is 53.9 Å². The van der Waals surface area contributed by atoms with Crippen LogP contribution in [0.2, 0.25) is 0 Å². The van der Waals surface area contributed by atoms with Gasteiger partial charge in [-0.25, -0.2) is 0 Å². The maximum absolute atomic E-state index is 13.0. The molecule has 0 aliphatic carbocycles. The van der Waals surface area contributed by atoms with Gasteiger partial charge in [-0.05, 0) is 45.4 Å². The fourth-order valence-electron chi connectivity index (χ4n) is 4.72. The van der Waals surface area contributed by atoms with Gasteiger partial charge in [0.25, 0.3) is 0 Å². The molecule has 3 aliphatic heterocycles. The standard InChI is InChI=1S/C23H33NO4/c1-15(2)7-6-8-16(3)9-11-22(4,5)13-24-14-23-12-10-17(28-23)18(21(26)27)19(23)20(24)25/h7,9-10,12,17-19H,6,8,11,13-14H2,1-5H3,(H,26,27)/b16-9+/t17-,18+,19-,23+/m0/s1. The highest BCUT2D eigenvalue weighted by Crippen LogP contribution is 2.52. The van der Waals surface area contributed by atoms with Gasteiger partial charge in [0.1, 0.15) is 11.5 Å². The first-order valence-corrected chi connectivity index (χ1v) is 10.2. The Morgan fingerprint density at radius 2 is 2.07 bits per heavy atom. The molecule has 154 valence electrons. The van der Waals surface area contributed by atoms with Crippen LogP contribution in [0.4, 0.5) is 0 Å². The lowest BCUT2D eigenvalue weighted by molar-refractivity contribution is -0.148. The highest BCUT2D eigenvalue weighted by molar-refractivity contribution is 5.90. The SMILES string of the molecule is CC(C)=CCC/C(C)=C/CC(C)(C)CN1C[C@@]23C=C[C@H](O2)[C@@H](C(=O)O)[C@H]3C1=O. The van der Waals surface area contributed by atoms with Crippen LogP contribution in [0.15, 0.2) is 35.5 Å². The van der Waals surface area contributed by atoms with Crippen LogP contribution in [0.25, 0.3) is 0 Å². The molecule has 2 fully saturated rings. The Morgan fingerprint density at radius 1 is 1.36 bits per heavy atom. The van der Waals surface area contributed by atoms with Crippen LogP contribution in [0.5, 0.6) is 0 Å². The molecule has 0 saturated carbocycles. The number of allylic oxidation sites excluding steroid dienone is 4. The summed E-state index contributed by atoms with van der Waals surface area (Å²) in [5.41, 5.74) is 1.89. The van der Waals surface area contributed by atoms with Crippen molar-refractivity contribution in [3.8, 4) is 0 Å². The summed E-state index contributed by atoms with van der Waals surface area (Å²) in [6, 6.07) is 0. The highest BCUT2D eigenvalue weighted by Gasteiger charge is 2.67. The molecule has 0 aromatic rings. The summed E-state index contributed by atoms with van der Waals surface area (Å²) < 4.78 is 5.96. The van der Waals surface area contributed by atoms with Gasteiger partial charge in [-0.2, -0.15) is 0 Å². The summed E-state index contributed by atoms with van der Waals surface area (Å²) >= 11 is 0. The van der Waals surface area contributed by atoms with Crippen LogP contribution >= 0.6 is 0 Å². The van der Waals surface area contributed by atoms with Crippen molar-refractivity contribution in [1.82, 2.24) is 4.90 Å². The molecule has 0 aromatic carbocycles. The predicted octanol–water partition coefficient (Wildman–Crippen LogP) is 3.96. The molecule has 4 atom stereocenters. The summed E-state index contributed by atoms with van der Waals surface area (Å²) in [7, 11) is 0. The third kappa shape index (κ3) is 3.95. The molecule has 1 N–H and O–H groups in total. The second-order valence-corrected chi connectivity index (χ2v) is 9.67. The minimum atomic E-state index is -0.939. The van der Waals surface area contributed by atoms with Crippen molar-refractivity contribution in [2.24, 2.45) is 17.3 Å². The lowest BCUT2D eigenvalue weighted by Crippen LogP contribution is -2.40. The van der Waals surface area contributed by atoms with Crippen molar-refractivity contribution in [2.45, 2.75) is 65.6 Å². The molecule has 3 heterocycles. The van der Waals surface area contributed by atoms with Gasteiger partial charge in [0, 0.05) is 6.54 Å². The predicted molar refractivity (Wildman–Crippen MR) is 109 cm³/mol. The molecular formula is C23H33NO4. The van der Waals surface area contributed by atoms with Crippen LogP contribution < -0.4 is 0 Å². The Bertz CT molecular complexity index is 744. The highest BCUT2D eigenvalue weighted by atomic mass is 16.5. The molecule has 5 heteroatoms. The lowest BCUT2D eigenvalue weighted by atomic mass is 9.77. The molecule has 3 rings (SSSR count). The van der Waals surface area contributed by atoms with Crippen molar-refractivity contribution in [3.63, 3.8) is 0 Å². The Balaban J connectivity index is 1.62. The molecule has 1 amide bonds. The van der Waals surface area contributed by atoms with Gasteiger partial charge in [-0.3, -0.25) is 9.59 Å². The summed E-state index contributed by atoms with van der Waals surface area (Å²) in [5.74, 6) is -2.36. The number of carboxylic acids is 1. The number of fused-ring (bicyclic) bond motifs is 1. The van der Waals surface area contributed by atoms with Crippen molar-refractivity contribution in [2.75, 3.05) is 13.1 Å². The molecule has 3 aliphatic rings. The number of carbonyl (C=O) groups excluding carboxylic acids is 1. The van der Waals surface area contributed by atoms with E-state index in [9.17, 15) is 14.7 Å². The number of rotatable bonds is 8. The molecule has 0 radical (unpaired) electrons. The number of hydrogen-bond donors (Lipinski definition) is 1. The Kier molecular flexibility index (Phi) is 5.59. The average molecular weight is 388 g/mol. The van der Waals surface area contributed by atoms with Crippen molar-refractivity contribution in [1.29, 1.82) is 0 Å².